The maximum Gasteiger partial charge on any atom is 0.242 e. The number of hydrogen-bond acceptors (Lipinski definition) is 4. The van der Waals surface area contributed by atoms with Crippen molar-refractivity contribution in [3.63, 3.8) is 0 Å². The smallest absolute Gasteiger partial charge is 0.242 e. The highest BCUT2D eigenvalue weighted by molar-refractivity contribution is 8.15. The first-order valence-corrected chi connectivity index (χ1v) is 12.1. The monoisotopic (exact) mass is 443 g/mol. The Morgan fingerprint density at radius 3 is 2.69 bits per heavy atom. The maximum atomic E-state index is 13.3. The predicted octanol–water partition coefficient (Wildman–Crippen LogP) is 6.48. The molecule has 0 N–H and O–H groups in total. The van der Waals surface area contributed by atoms with E-state index < -0.39 is 0 Å². The van der Waals surface area contributed by atoms with Crippen LogP contribution in [0.1, 0.15) is 48.4 Å². The Hall–Kier alpha value is -2.92. The van der Waals surface area contributed by atoms with Crippen molar-refractivity contribution in [2.45, 2.75) is 51.8 Å². The van der Waals surface area contributed by atoms with Crippen LogP contribution in [0, 0.1) is 13.8 Å². The summed E-state index contributed by atoms with van der Waals surface area (Å²) in [5, 5.41) is 11.8. The standard InChI is InChI=1S/C27H29N3OS/c1-4-5-13-25-26(31)30(18-23-11-8-10-21-9-6-7-12-24(21)23)27(32-25)29-28-17-22-15-14-19(2)16-20(22)3/h6-12,14-17,25H,4-5,13,18H2,1-3H3/b28-17+,29-27-. The van der Waals surface area contributed by atoms with Crippen LogP contribution in [0.2, 0.25) is 0 Å². The van der Waals surface area contributed by atoms with E-state index in [4.69, 9.17) is 0 Å². The lowest BCUT2D eigenvalue weighted by atomic mass is 10.0. The molecule has 1 saturated heterocycles. The highest BCUT2D eigenvalue weighted by Crippen LogP contribution is 2.33. The van der Waals surface area contributed by atoms with E-state index in [-0.39, 0.29) is 11.2 Å². The molecule has 0 aromatic heterocycles. The van der Waals surface area contributed by atoms with Gasteiger partial charge in [-0.1, -0.05) is 97.8 Å². The lowest BCUT2D eigenvalue weighted by Gasteiger charge is -2.17. The van der Waals surface area contributed by atoms with E-state index in [9.17, 15) is 4.79 Å². The Balaban J connectivity index is 1.62. The van der Waals surface area contributed by atoms with Crippen LogP contribution in [0.5, 0.6) is 0 Å². The maximum absolute atomic E-state index is 13.3. The molecule has 1 fully saturated rings. The van der Waals surface area contributed by atoms with E-state index in [1.807, 2.05) is 17.0 Å². The van der Waals surface area contributed by atoms with Gasteiger partial charge in [0.1, 0.15) is 0 Å². The highest BCUT2D eigenvalue weighted by Gasteiger charge is 2.37. The van der Waals surface area contributed by atoms with Gasteiger partial charge in [-0.3, -0.25) is 9.69 Å². The fourth-order valence-electron chi connectivity index (χ4n) is 4.02. The van der Waals surface area contributed by atoms with E-state index in [1.54, 1.807) is 18.0 Å². The Morgan fingerprint density at radius 2 is 1.88 bits per heavy atom. The van der Waals surface area contributed by atoms with Gasteiger partial charge in [-0.2, -0.15) is 5.10 Å². The minimum absolute atomic E-state index is 0.0833. The molecule has 1 atom stereocenters. The fourth-order valence-corrected chi connectivity index (χ4v) is 5.16. The highest BCUT2D eigenvalue weighted by atomic mass is 32.2. The molecule has 1 unspecified atom stereocenters. The van der Waals surface area contributed by atoms with Crippen LogP contribution >= 0.6 is 11.8 Å². The number of benzene rings is 3. The molecule has 4 rings (SSSR count). The van der Waals surface area contributed by atoms with Crippen molar-refractivity contribution >= 4 is 39.8 Å². The summed E-state index contributed by atoms with van der Waals surface area (Å²) in [4.78, 5) is 15.1. The summed E-state index contributed by atoms with van der Waals surface area (Å²) in [7, 11) is 0. The van der Waals surface area contributed by atoms with Gasteiger partial charge in [-0.25, -0.2) is 0 Å². The summed E-state index contributed by atoms with van der Waals surface area (Å²) in [6.45, 7) is 6.81. The van der Waals surface area contributed by atoms with E-state index >= 15 is 0 Å². The number of fused-ring (bicyclic) bond motifs is 1. The van der Waals surface area contributed by atoms with Gasteiger partial charge in [0.15, 0.2) is 5.17 Å². The van der Waals surface area contributed by atoms with Gasteiger partial charge < -0.3 is 0 Å². The third-order valence-corrected chi connectivity index (χ3v) is 7.05. The number of aryl methyl sites for hydroxylation is 2. The van der Waals surface area contributed by atoms with Gasteiger partial charge in [-0.15, -0.1) is 5.10 Å². The normalized spacial score (nSPS) is 17.8. The SMILES string of the molecule is CCCCC1S/C(=N\N=C\c2ccc(C)cc2C)N(Cc2cccc3ccccc23)C1=O. The zero-order chi connectivity index (χ0) is 22.5. The first-order chi connectivity index (χ1) is 15.6. The molecule has 1 heterocycles. The number of carbonyl (C=O) groups excluding carboxylic acids is 1. The second kappa shape index (κ2) is 10.1. The predicted molar refractivity (Wildman–Crippen MR) is 136 cm³/mol. The Morgan fingerprint density at radius 1 is 1.06 bits per heavy atom. The molecule has 32 heavy (non-hydrogen) atoms. The van der Waals surface area contributed by atoms with Crippen LogP contribution in [0.25, 0.3) is 10.8 Å². The molecular weight excluding hydrogens is 414 g/mol. The number of amidine groups is 1. The number of nitrogens with zero attached hydrogens (tertiary/aromatic N) is 3. The molecule has 3 aromatic carbocycles. The molecule has 0 bridgehead atoms. The second-order valence-electron chi connectivity index (χ2n) is 8.30. The van der Waals surface area contributed by atoms with Crippen LogP contribution in [-0.2, 0) is 11.3 Å². The summed E-state index contributed by atoms with van der Waals surface area (Å²) in [6, 6.07) is 20.8. The number of hydrogen-bond donors (Lipinski definition) is 0. The number of unbranched alkanes of at least 4 members (excludes halogenated alkanes) is 1. The van der Waals surface area contributed by atoms with Crippen molar-refractivity contribution in [3.8, 4) is 0 Å². The Labute approximate surface area is 194 Å². The van der Waals surface area contributed by atoms with Crippen LogP contribution in [0.3, 0.4) is 0 Å². The topological polar surface area (TPSA) is 45.0 Å². The second-order valence-corrected chi connectivity index (χ2v) is 9.47. The van der Waals surface area contributed by atoms with Gasteiger partial charge in [0.2, 0.25) is 5.91 Å². The molecule has 3 aromatic rings. The molecule has 164 valence electrons. The number of rotatable bonds is 7. The fraction of sp³-hybridized carbons (Fsp3) is 0.296. The lowest BCUT2D eigenvalue weighted by Crippen LogP contribution is -2.31. The quantitative estimate of drug-likeness (QED) is 0.310. The van der Waals surface area contributed by atoms with Gasteiger partial charge in [0.25, 0.3) is 0 Å². The van der Waals surface area contributed by atoms with Crippen LogP contribution in [0.15, 0.2) is 70.9 Å². The molecule has 0 spiro atoms. The number of amides is 1. The zero-order valence-electron chi connectivity index (χ0n) is 18.9. The van der Waals surface area contributed by atoms with Crippen LogP contribution in [-0.4, -0.2) is 27.4 Å². The minimum atomic E-state index is -0.0833. The van der Waals surface area contributed by atoms with Crippen molar-refractivity contribution < 1.29 is 4.79 Å². The summed E-state index contributed by atoms with van der Waals surface area (Å²) in [5.41, 5.74) is 4.55. The third-order valence-electron chi connectivity index (χ3n) is 5.81. The molecule has 0 saturated carbocycles. The largest absolute Gasteiger partial charge is 0.284 e. The summed E-state index contributed by atoms with van der Waals surface area (Å²) in [6.07, 6.45) is 4.75. The molecule has 1 aliphatic rings. The van der Waals surface area contributed by atoms with E-state index in [2.05, 4.69) is 79.5 Å². The Kier molecular flexibility index (Phi) is 7.05. The van der Waals surface area contributed by atoms with E-state index in [1.165, 1.54) is 16.3 Å². The molecular formula is C27H29N3OS. The summed E-state index contributed by atoms with van der Waals surface area (Å²) in [5.74, 6) is 0.136. The third kappa shape index (κ3) is 4.94. The lowest BCUT2D eigenvalue weighted by molar-refractivity contribution is -0.126. The number of thioether (sulfide) groups is 1. The molecule has 5 heteroatoms. The molecule has 4 nitrogen and oxygen atoms in total. The van der Waals surface area contributed by atoms with Crippen molar-refractivity contribution in [2.24, 2.45) is 10.2 Å². The molecule has 1 aliphatic heterocycles. The van der Waals surface area contributed by atoms with E-state index in [0.717, 1.165) is 36.0 Å². The molecule has 1 amide bonds. The first kappa shape index (κ1) is 22.3. The molecule has 0 radical (unpaired) electrons. The average molecular weight is 444 g/mol. The summed E-state index contributed by atoms with van der Waals surface area (Å²) < 4.78 is 0. The zero-order valence-corrected chi connectivity index (χ0v) is 19.7. The van der Waals surface area contributed by atoms with Crippen LogP contribution in [0.4, 0.5) is 0 Å². The minimum Gasteiger partial charge on any atom is -0.284 e. The van der Waals surface area contributed by atoms with Gasteiger partial charge in [0, 0.05) is 0 Å². The first-order valence-electron chi connectivity index (χ1n) is 11.2. The Bertz CT molecular complexity index is 1180. The van der Waals surface area contributed by atoms with Gasteiger partial charge >= 0.3 is 0 Å². The van der Waals surface area contributed by atoms with Crippen molar-refractivity contribution in [1.29, 1.82) is 0 Å². The van der Waals surface area contributed by atoms with E-state index in [0.29, 0.717) is 11.7 Å². The summed E-state index contributed by atoms with van der Waals surface area (Å²) >= 11 is 1.55. The van der Waals surface area contributed by atoms with Gasteiger partial charge in [-0.05, 0) is 47.7 Å². The number of carbonyl (C=O) groups is 1. The van der Waals surface area contributed by atoms with Crippen molar-refractivity contribution in [3.05, 3.63) is 82.9 Å². The average Bonchev–Trinajstić information content (AvgIpc) is 3.08. The van der Waals surface area contributed by atoms with Crippen LogP contribution < -0.4 is 0 Å². The van der Waals surface area contributed by atoms with Gasteiger partial charge in [0.05, 0.1) is 18.0 Å². The molecule has 0 aliphatic carbocycles. The van der Waals surface area contributed by atoms with Crippen molar-refractivity contribution in [1.82, 2.24) is 4.90 Å². The van der Waals surface area contributed by atoms with Crippen molar-refractivity contribution in [2.75, 3.05) is 0 Å².